The second-order valence-electron chi connectivity index (χ2n) is 4.31. The molecule has 0 saturated carbocycles. The third-order valence-electron chi connectivity index (χ3n) is 3.30. The maximum Gasteiger partial charge on any atom is 0.210 e. The molecule has 0 spiro atoms. The fourth-order valence-electron chi connectivity index (χ4n) is 2.31. The molecule has 1 heterocycles. The fourth-order valence-corrected chi connectivity index (χ4v) is 2.31. The SMILES string of the molecule is CCN(CC(N)=NC)C(=NC)C1CCCN1C=O. The van der Waals surface area contributed by atoms with E-state index in [4.69, 9.17) is 5.73 Å². The van der Waals surface area contributed by atoms with Crippen molar-refractivity contribution < 1.29 is 4.79 Å². The summed E-state index contributed by atoms with van der Waals surface area (Å²) in [5.74, 6) is 1.50. The largest absolute Gasteiger partial charge is 0.386 e. The van der Waals surface area contributed by atoms with Crippen molar-refractivity contribution in [3.63, 3.8) is 0 Å². The van der Waals surface area contributed by atoms with E-state index in [0.717, 1.165) is 38.2 Å². The van der Waals surface area contributed by atoms with Crippen LogP contribution in [0.15, 0.2) is 9.98 Å². The Balaban J connectivity index is 2.83. The molecular weight excluding hydrogens is 230 g/mol. The summed E-state index contributed by atoms with van der Waals surface area (Å²) in [6.45, 7) is 4.21. The minimum atomic E-state index is 0.0807. The van der Waals surface area contributed by atoms with Gasteiger partial charge in [-0.25, -0.2) is 0 Å². The van der Waals surface area contributed by atoms with Crippen LogP contribution < -0.4 is 5.73 Å². The van der Waals surface area contributed by atoms with Gasteiger partial charge in [0.15, 0.2) is 0 Å². The Morgan fingerprint density at radius 3 is 2.72 bits per heavy atom. The minimum Gasteiger partial charge on any atom is -0.386 e. The molecule has 6 heteroatoms. The molecule has 1 fully saturated rings. The van der Waals surface area contributed by atoms with Gasteiger partial charge in [-0.05, 0) is 19.8 Å². The van der Waals surface area contributed by atoms with E-state index < -0.39 is 0 Å². The van der Waals surface area contributed by atoms with E-state index in [9.17, 15) is 4.79 Å². The first-order valence-electron chi connectivity index (χ1n) is 6.31. The monoisotopic (exact) mass is 253 g/mol. The number of nitrogens with two attached hydrogens (primary N) is 1. The molecule has 102 valence electrons. The lowest BCUT2D eigenvalue weighted by Crippen LogP contribution is -2.48. The van der Waals surface area contributed by atoms with Gasteiger partial charge in [-0.3, -0.25) is 14.8 Å². The molecule has 0 aromatic carbocycles. The van der Waals surface area contributed by atoms with Crippen LogP contribution in [0.1, 0.15) is 19.8 Å². The Bertz CT molecular complexity index is 339. The Labute approximate surface area is 109 Å². The zero-order chi connectivity index (χ0) is 13.5. The van der Waals surface area contributed by atoms with Crippen LogP contribution in [-0.4, -0.2) is 67.7 Å². The molecule has 6 nitrogen and oxygen atoms in total. The number of amides is 1. The van der Waals surface area contributed by atoms with Crippen LogP contribution >= 0.6 is 0 Å². The van der Waals surface area contributed by atoms with E-state index in [1.807, 2.05) is 11.8 Å². The molecule has 1 atom stereocenters. The van der Waals surface area contributed by atoms with Crippen molar-refractivity contribution in [2.24, 2.45) is 15.7 Å². The average molecular weight is 253 g/mol. The normalized spacial score (nSPS) is 21.3. The molecule has 0 bridgehead atoms. The zero-order valence-electron chi connectivity index (χ0n) is 11.5. The van der Waals surface area contributed by atoms with Gasteiger partial charge < -0.3 is 15.5 Å². The van der Waals surface area contributed by atoms with Crippen LogP contribution in [0.2, 0.25) is 0 Å². The van der Waals surface area contributed by atoms with Crippen LogP contribution in [0, 0.1) is 0 Å². The van der Waals surface area contributed by atoms with Gasteiger partial charge in [0.05, 0.1) is 12.6 Å². The quantitative estimate of drug-likeness (QED) is 0.424. The Hall–Kier alpha value is -1.59. The van der Waals surface area contributed by atoms with Gasteiger partial charge in [0, 0.05) is 27.2 Å². The maximum absolute atomic E-state index is 11.0. The summed E-state index contributed by atoms with van der Waals surface area (Å²) >= 11 is 0. The summed E-state index contributed by atoms with van der Waals surface area (Å²) in [6.07, 6.45) is 2.90. The van der Waals surface area contributed by atoms with Crippen molar-refractivity contribution in [2.75, 3.05) is 33.7 Å². The van der Waals surface area contributed by atoms with Crippen molar-refractivity contribution in [3.05, 3.63) is 0 Å². The molecular formula is C12H23N5O. The minimum absolute atomic E-state index is 0.0807. The number of likely N-dealkylation sites (N-methyl/N-ethyl adjacent to an activating group) is 1. The molecule has 0 aromatic rings. The Morgan fingerprint density at radius 1 is 1.50 bits per heavy atom. The number of hydrogen-bond acceptors (Lipinski definition) is 3. The van der Waals surface area contributed by atoms with Gasteiger partial charge in [-0.15, -0.1) is 0 Å². The first kappa shape index (κ1) is 14.5. The first-order valence-corrected chi connectivity index (χ1v) is 6.31. The van der Waals surface area contributed by atoms with E-state index in [0.29, 0.717) is 12.4 Å². The van der Waals surface area contributed by atoms with Crippen LogP contribution in [-0.2, 0) is 4.79 Å². The van der Waals surface area contributed by atoms with Gasteiger partial charge >= 0.3 is 0 Å². The molecule has 1 saturated heterocycles. The van der Waals surface area contributed by atoms with Gasteiger partial charge in [0.25, 0.3) is 0 Å². The molecule has 1 rings (SSSR count). The van der Waals surface area contributed by atoms with Crippen LogP contribution in [0.5, 0.6) is 0 Å². The maximum atomic E-state index is 11.0. The molecule has 0 aliphatic carbocycles. The molecule has 2 N–H and O–H groups in total. The van der Waals surface area contributed by atoms with Crippen molar-refractivity contribution in [2.45, 2.75) is 25.8 Å². The number of likely N-dealkylation sites (tertiary alicyclic amines) is 1. The highest BCUT2D eigenvalue weighted by atomic mass is 16.1. The predicted molar refractivity (Wildman–Crippen MR) is 73.9 cm³/mol. The number of rotatable bonds is 5. The van der Waals surface area contributed by atoms with Crippen LogP contribution in [0.25, 0.3) is 0 Å². The third-order valence-corrected chi connectivity index (χ3v) is 3.30. The molecule has 1 amide bonds. The predicted octanol–water partition coefficient (Wildman–Crippen LogP) is -0.0556. The van der Waals surface area contributed by atoms with E-state index in [-0.39, 0.29) is 6.04 Å². The standard InChI is InChI=1S/C12H23N5O/c1-4-16(8-11(13)14-2)12(15-3)10-6-5-7-17(10)9-18/h9-10H,4-8H2,1-3H3,(H2,13,14). The highest BCUT2D eigenvalue weighted by molar-refractivity contribution is 5.93. The number of carbonyl (C=O) groups excluding carboxylic acids is 1. The fraction of sp³-hybridized carbons (Fsp3) is 0.750. The summed E-state index contributed by atoms with van der Waals surface area (Å²) in [6, 6.07) is 0.0807. The summed E-state index contributed by atoms with van der Waals surface area (Å²) < 4.78 is 0. The van der Waals surface area contributed by atoms with E-state index in [2.05, 4.69) is 14.9 Å². The van der Waals surface area contributed by atoms with Gasteiger partial charge in [0.1, 0.15) is 11.7 Å². The molecule has 0 aromatic heterocycles. The van der Waals surface area contributed by atoms with E-state index in [1.165, 1.54) is 0 Å². The zero-order valence-corrected chi connectivity index (χ0v) is 11.5. The lowest BCUT2D eigenvalue weighted by molar-refractivity contribution is -0.118. The highest BCUT2D eigenvalue weighted by Crippen LogP contribution is 2.18. The van der Waals surface area contributed by atoms with Crippen molar-refractivity contribution >= 4 is 18.1 Å². The van der Waals surface area contributed by atoms with Gasteiger partial charge in [0.2, 0.25) is 6.41 Å². The molecule has 1 aliphatic rings. The van der Waals surface area contributed by atoms with Crippen LogP contribution in [0.3, 0.4) is 0 Å². The molecule has 1 unspecified atom stereocenters. The van der Waals surface area contributed by atoms with Crippen molar-refractivity contribution in [1.29, 1.82) is 0 Å². The van der Waals surface area contributed by atoms with E-state index in [1.54, 1.807) is 14.1 Å². The summed E-state index contributed by atoms with van der Waals surface area (Å²) in [7, 11) is 3.44. The lowest BCUT2D eigenvalue weighted by atomic mass is 10.2. The number of aliphatic imine (C=N–C) groups is 2. The summed E-state index contributed by atoms with van der Waals surface area (Å²) in [5, 5.41) is 0. The lowest BCUT2D eigenvalue weighted by Gasteiger charge is -2.31. The van der Waals surface area contributed by atoms with Crippen molar-refractivity contribution in [1.82, 2.24) is 9.80 Å². The van der Waals surface area contributed by atoms with Gasteiger partial charge in [-0.1, -0.05) is 0 Å². The molecule has 18 heavy (non-hydrogen) atoms. The summed E-state index contributed by atoms with van der Waals surface area (Å²) in [4.78, 5) is 23.3. The van der Waals surface area contributed by atoms with Crippen molar-refractivity contribution in [3.8, 4) is 0 Å². The number of amidine groups is 2. The Morgan fingerprint density at radius 2 is 2.22 bits per heavy atom. The topological polar surface area (TPSA) is 74.3 Å². The van der Waals surface area contributed by atoms with Gasteiger partial charge in [-0.2, -0.15) is 0 Å². The number of nitrogens with zero attached hydrogens (tertiary/aromatic N) is 4. The highest BCUT2D eigenvalue weighted by Gasteiger charge is 2.30. The van der Waals surface area contributed by atoms with Crippen LogP contribution in [0.4, 0.5) is 0 Å². The number of hydrogen-bond donors (Lipinski definition) is 1. The second-order valence-corrected chi connectivity index (χ2v) is 4.31. The third kappa shape index (κ3) is 3.21. The smallest absolute Gasteiger partial charge is 0.210 e. The Kier molecular flexibility index (Phi) is 5.61. The number of carbonyl (C=O) groups is 1. The average Bonchev–Trinajstić information content (AvgIpc) is 2.86. The molecule has 1 aliphatic heterocycles. The van der Waals surface area contributed by atoms with E-state index >= 15 is 0 Å². The summed E-state index contributed by atoms with van der Waals surface area (Å²) in [5.41, 5.74) is 5.78. The second kappa shape index (κ2) is 6.98. The molecule has 0 radical (unpaired) electrons. The first-order chi connectivity index (χ1) is 8.67.